The Kier molecular flexibility index (Phi) is 3.93. The van der Waals surface area contributed by atoms with Gasteiger partial charge in [0, 0.05) is 28.7 Å². The summed E-state index contributed by atoms with van der Waals surface area (Å²) in [6, 6.07) is 5.03. The second-order valence-corrected chi connectivity index (χ2v) is 4.99. The number of rotatable bonds is 4. The van der Waals surface area contributed by atoms with E-state index in [0.717, 1.165) is 4.88 Å². The summed E-state index contributed by atoms with van der Waals surface area (Å²) in [6.07, 6.45) is 1.78. The Hall–Kier alpha value is -1.46. The molecule has 0 aliphatic heterocycles. The van der Waals surface area contributed by atoms with E-state index in [-0.39, 0.29) is 11.9 Å². The molecule has 0 saturated carbocycles. The molecule has 1 heterocycles. The molecule has 0 bridgehead atoms. The summed E-state index contributed by atoms with van der Waals surface area (Å²) in [5.74, 6) is 0.198. The topological polar surface area (TPSA) is 34.2 Å². The molecule has 18 heavy (non-hydrogen) atoms. The third-order valence-electron chi connectivity index (χ3n) is 2.79. The fourth-order valence-electron chi connectivity index (χ4n) is 1.55. The Morgan fingerprint density at radius 3 is 2.83 bits per heavy atom. The minimum atomic E-state index is -0.313. The van der Waals surface area contributed by atoms with Crippen LogP contribution in [0.2, 0.25) is 0 Å². The molecule has 1 aromatic carbocycles. The lowest BCUT2D eigenvalue weighted by Gasteiger charge is -2.05. The molecule has 0 aliphatic carbocycles. The van der Waals surface area contributed by atoms with Crippen LogP contribution < -0.4 is 10.1 Å². The molecule has 0 amide bonds. The second-order valence-electron chi connectivity index (χ2n) is 3.92. The number of ether oxygens (including phenoxy) is 1. The lowest BCUT2D eigenvalue weighted by Crippen LogP contribution is -2.10. The monoisotopic (exact) mass is 266 g/mol. The van der Waals surface area contributed by atoms with Crippen LogP contribution in [0.5, 0.6) is 5.75 Å². The third kappa shape index (κ3) is 2.52. The van der Waals surface area contributed by atoms with Gasteiger partial charge in [-0.15, -0.1) is 11.3 Å². The molecule has 0 spiro atoms. The number of thiazole rings is 1. The van der Waals surface area contributed by atoms with Gasteiger partial charge in [0.2, 0.25) is 0 Å². The van der Waals surface area contributed by atoms with E-state index < -0.39 is 0 Å². The van der Waals surface area contributed by atoms with Gasteiger partial charge in [0.25, 0.3) is 0 Å². The van der Waals surface area contributed by atoms with Crippen LogP contribution in [0.15, 0.2) is 24.4 Å². The molecule has 0 fully saturated rings. The highest BCUT2D eigenvalue weighted by molar-refractivity contribution is 7.15. The van der Waals surface area contributed by atoms with Gasteiger partial charge in [-0.1, -0.05) is 0 Å². The number of benzene rings is 1. The van der Waals surface area contributed by atoms with Gasteiger partial charge in [0.05, 0.1) is 7.11 Å². The summed E-state index contributed by atoms with van der Waals surface area (Å²) in [5, 5.41) is 3.82. The highest BCUT2D eigenvalue weighted by Gasteiger charge is 2.13. The normalized spacial score (nSPS) is 12.4. The summed E-state index contributed by atoms with van der Waals surface area (Å²) in [6.45, 7) is 2.04. The van der Waals surface area contributed by atoms with Crippen molar-refractivity contribution in [3.8, 4) is 16.3 Å². The van der Waals surface area contributed by atoms with Crippen molar-refractivity contribution in [3.63, 3.8) is 0 Å². The number of methoxy groups -OCH3 is 1. The Labute approximate surface area is 110 Å². The maximum absolute atomic E-state index is 13.9. The molecule has 2 aromatic rings. The minimum absolute atomic E-state index is 0.220. The van der Waals surface area contributed by atoms with E-state index in [9.17, 15) is 4.39 Å². The number of aromatic nitrogens is 1. The number of halogens is 1. The van der Waals surface area contributed by atoms with E-state index in [1.54, 1.807) is 18.3 Å². The largest absolute Gasteiger partial charge is 0.497 e. The Bertz CT molecular complexity index is 542. The van der Waals surface area contributed by atoms with Crippen molar-refractivity contribution in [2.24, 2.45) is 0 Å². The van der Waals surface area contributed by atoms with Crippen molar-refractivity contribution in [3.05, 3.63) is 35.1 Å². The number of hydrogen-bond donors (Lipinski definition) is 1. The van der Waals surface area contributed by atoms with Gasteiger partial charge in [-0.2, -0.15) is 0 Å². The van der Waals surface area contributed by atoms with E-state index in [0.29, 0.717) is 16.3 Å². The average molecular weight is 266 g/mol. The number of nitrogens with one attached hydrogen (secondary N) is 1. The first-order chi connectivity index (χ1) is 8.65. The van der Waals surface area contributed by atoms with Gasteiger partial charge in [-0.05, 0) is 26.1 Å². The summed E-state index contributed by atoms with van der Waals surface area (Å²) in [5.41, 5.74) is 0.510. The van der Waals surface area contributed by atoms with Gasteiger partial charge >= 0.3 is 0 Å². The predicted molar refractivity (Wildman–Crippen MR) is 71.5 cm³/mol. The lowest BCUT2D eigenvalue weighted by atomic mass is 10.2. The standard InChI is InChI=1S/C13H15FN2OS/c1-8(15-2)12-7-16-13(18-12)10-5-4-9(17-3)6-11(10)14/h4-8,15H,1-3H3. The Balaban J connectivity index is 2.34. The smallest absolute Gasteiger partial charge is 0.137 e. The quantitative estimate of drug-likeness (QED) is 0.922. The first-order valence-electron chi connectivity index (χ1n) is 5.62. The first-order valence-corrected chi connectivity index (χ1v) is 6.44. The fraction of sp³-hybridized carbons (Fsp3) is 0.308. The first kappa shape index (κ1) is 13.0. The molecule has 1 unspecified atom stereocenters. The fourth-order valence-corrected chi connectivity index (χ4v) is 2.55. The molecule has 1 aromatic heterocycles. The van der Waals surface area contributed by atoms with E-state index in [4.69, 9.17) is 4.74 Å². The van der Waals surface area contributed by atoms with Crippen molar-refractivity contribution in [2.75, 3.05) is 14.2 Å². The van der Waals surface area contributed by atoms with E-state index in [2.05, 4.69) is 10.3 Å². The van der Waals surface area contributed by atoms with Crippen molar-refractivity contribution >= 4 is 11.3 Å². The molecule has 0 saturated heterocycles. The van der Waals surface area contributed by atoms with Crippen molar-refractivity contribution in [1.29, 1.82) is 0 Å². The van der Waals surface area contributed by atoms with E-state index in [1.807, 2.05) is 14.0 Å². The van der Waals surface area contributed by atoms with Crippen LogP contribution >= 0.6 is 11.3 Å². The van der Waals surface area contributed by atoms with E-state index in [1.165, 1.54) is 24.5 Å². The summed E-state index contributed by atoms with van der Waals surface area (Å²) < 4.78 is 18.9. The van der Waals surface area contributed by atoms with Crippen molar-refractivity contribution in [2.45, 2.75) is 13.0 Å². The lowest BCUT2D eigenvalue weighted by molar-refractivity contribution is 0.411. The van der Waals surface area contributed by atoms with Crippen LogP contribution in [0.4, 0.5) is 4.39 Å². The highest BCUT2D eigenvalue weighted by atomic mass is 32.1. The van der Waals surface area contributed by atoms with Crippen LogP contribution in [0.25, 0.3) is 10.6 Å². The SMILES string of the molecule is CNC(C)c1cnc(-c2ccc(OC)cc2F)s1. The molecule has 1 atom stereocenters. The molecular formula is C13H15FN2OS. The molecule has 5 heteroatoms. The average Bonchev–Trinajstić information content (AvgIpc) is 2.87. The Morgan fingerprint density at radius 1 is 1.44 bits per heavy atom. The van der Waals surface area contributed by atoms with Crippen LogP contribution in [-0.2, 0) is 0 Å². The van der Waals surface area contributed by atoms with Gasteiger partial charge in [0.15, 0.2) is 0 Å². The summed E-state index contributed by atoms with van der Waals surface area (Å²) in [4.78, 5) is 5.36. The van der Waals surface area contributed by atoms with Crippen molar-refractivity contribution in [1.82, 2.24) is 10.3 Å². The Morgan fingerprint density at radius 2 is 2.22 bits per heavy atom. The minimum Gasteiger partial charge on any atom is -0.497 e. The molecule has 96 valence electrons. The molecule has 0 radical (unpaired) electrons. The van der Waals surface area contributed by atoms with E-state index >= 15 is 0 Å². The molecule has 3 nitrogen and oxygen atoms in total. The zero-order valence-corrected chi connectivity index (χ0v) is 11.3. The predicted octanol–water partition coefficient (Wildman–Crippen LogP) is 3.24. The van der Waals surface area contributed by atoms with Gasteiger partial charge < -0.3 is 10.1 Å². The molecule has 0 aliphatic rings. The molecular weight excluding hydrogens is 251 g/mol. The maximum atomic E-state index is 13.9. The molecule has 1 N–H and O–H groups in total. The van der Waals surface area contributed by atoms with Crippen LogP contribution in [0.1, 0.15) is 17.8 Å². The van der Waals surface area contributed by atoms with Crippen molar-refractivity contribution < 1.29 is 9.13 Å². The highest BCUT2D eigenvalue weighted by Crippen LogP contribution is 2.31. The van der Waals surface area contributed by atoms with Gasteiger partial charge in [0.1, 0.15) is 16.6 Å². The zero-order valence-electron chi connectivity index (χ0n) is 10.5. The van der Waals surface area contributed by atoms with Crippen LogP contribution in [-0.4, -0.2) is 19.1 Å². The van der Waals surface area contributed by atoms with Crippen LogP contribution in [0.3, 0.4) is 0 Å². The third-order valence-corrected chi connectivity index (χ3v) is 4.00. The maximum Gasteiger partial charge on any atom is 0.137 e. The zero-order chi connectivity index (χ0) is 13.1. The number of nitrogens with zero attached hydrogens (tertiary/aromatic N) is 1. The summed E-state index contributed by atoms with van der Waals surface area (Å²) >= 11 is 1.49. The van der Waals surface area contributed by atoms with Crippen LogP contribution in [0, 0.1) is 5.82 Å². The number of hydrogen-bond acceptors (Lipinski definition) is 4. The van der Waals surface area contributed by atoms with Gasteiger partial charge in [-0.3, -0.25) is 0 Å². The molecule has 2 rings (SSSR count). The van der Waals surface area contributed by atoms with Gasteiger partial charge in [-0.25, -0.2) is 9.37 Å². The second kappa shape index (κ2) is 5.46. The summed E-state index contributed by atoms with van der Waals surface area (Å²) in [7, 11) is 3.41.